The van der Waals surface area contributed by atoms with E-state index in [9.17, 15) is 5.11 Å². The third-order valence-electron chi connectivity index (χ3n) is 5.05. The van der Waals surface area contributed by atoms with Crippen molar-refractivity contribution in [2.75, 3.05) is 0 Å². The largest absolute Gasteiger partial charge is 0.369 e. The van der Waals surface area contributed by atoms with E-state index >= 15 is 0 Å². The first-order chi connectivity index (χ1) is 11.7. The Labute approximate surface area is 140 Å². The number of aliphatic hydroxyl groups is 1. The fraction of sp³-hybridized carbons (Fsp3) is 0.0435. The van der Waals surface area contributed by atoms with E-state index in [1.807, 2.05) is 48.5 Å². The Morgan fingerprint density at radius 1 is 0.667 bits per heavy atom. The molecule has 0 unspecified atom stereocenters. The average Bonchev–Trinajstić information content (AvgIpc) is 2.87. The molecule has 0 heterocycles. The van der Waals surface area contributed by atoms with Crippen LogP contribution in [0.3, 0.4) is 0 Å². The van der Waals surface area contributed by atoms with E-state index in [2.05, 4.69) is 30.2 Å². The predicted molar refractivity (Wildman–Crippen MR) is 98.7 cm³/mol. The lowest BCUT2D eigenvalue weighted by Gasteiger charge is -2.19. The molecular formula is C23H14O. The van der Waals surface area contributed by atoms with E-state index in [0.29, 0.717) is 0 Å². The minimum atomic E-state index is -1.38. The summed E-state index contributed by atoms with van der Waals surface area (Å²) in [6.45, 7) is 0. The summed E-state index contributed by atoms with van der Waals surface area (Å²) in [6.07, 6.45) is 5.79. The van der Waals surface area contributed by atoms with Crippen LogP contribution in [-0.2, 0) is 5.60 Å². The van der Waals surface area contributed by atoms with Gasteiger partial charge in [-0.3, -0.25) is 0 Å². The molecule has 0 aromatic heterocycles. The van der Waals surface area contributed by atoms with Crippen molar-refractivity contribution in [3.63, 3.8) is 0 Å². The zero-order valence-corrected chi connectivity index (χ0v) is 13.0. The smallest absolute Gasteiger partial charge is 0.177 e. The van der Waals surface area contributed by atoms with E-state index < -0.39 is 5.60 Å². The van der Waals surface area contributed by atoms with Gasteiger partial charge in [-0.05, 0) is 56.9 Å². The highest BCUT2D eigenvalue weighted by Gasteiger charge is 2.40. The molecule has 0 aliphatic heterocycles. The van der Waals surface area contributed by atoms with Crippen LogP contribution in [0.15, 0.2) is 72.8 Å². The van der Waals surface area contributed by atoms with E-state index in [-0.39, 0.29) is 0 Å². The summed E-state index contributed by atoms with van der Waals surface area (Å²) in [4.78, 5) is 0. The molecule has 0 saturated carbocycles. The normalized spacial score (nSPS) is 14.3. The lowest BCUT2D eigenvalue weighted by atomic mass is 9.90. The Bertz CT molecular complexity index is 1090. The number of fused-ring (bicyclic) bond motifs is 5. The second kappa shape index (κ2) is 4.47. The van der Waals surface area contributed by atoms with Crippen molar-refractivity contribution in [1.82, 2.24) is 0 Å². The van der Waals surface area contributed by atoms with Crippen LogP contribution < -0.4 is 0 Å². The molecule has 24 heavy (non-hydrogen) atoms. The standard InChI is InChI=1S/C23H14O/c1-2-23(24)21-13-17-9-5-3-7-15(17)11-19(21)20-12-16-8-4-6-10-18(16)14-22(20)23/h1,3-14,24H. The molecule has 5 rings (SSSR count). The number of terminal acetylenes is 1. The van der Waals surface area contributed by atoms with Crippen LogP contribution in [-0.4, -0.2) is 5.11 Å². The Morgan fingerprint density at radius 2 is 1.04 bits per heavy atom. The van der Waals surface area contributed by atoms with Gasteiger partial charge in [0.05, 0.1) is 0 Å². The predicted octanol–water partition coefficient (Wildman–Crippen LogP) is 4.84. The van der Waals surface area contributed by atoms with Gasteiger partial charge in [-0.1, -0.05) is 54.5 Å². The Morgan fingerprint density at radius 3 is 1.42 bits per heavy atom. The minimum Gasteiger partial charge on any atom is -0.369 e. The van der Waals surface area contributed by atoms with Crippen LogP contribution in [0, 0.1) is 12.3 Å². The second-order valence-corrected chi connectivity index (χ2v) is 6.34. The fourth-order valence-electron chi connectivity index (χ4n) is 3.83. The van der Waals surface area contributed by atoms with Crippen molar-refractivity contribution >= 4 is 21.5 Å². The summed E-state index contributed by atoms with van der Waals surface area (Å²) in [5, 5.41) is 15.8. The molecular weight excluding hydrogens is 292 g/mol. The van der Waals surface area contributed by atoms with Crippen LogP contribution in [0.25, 0.3) is 32.7 Å². The van der Waals surface area contributed by atoms with Crippen molar-refractivity contribution in [2.24, 2.45) is 0 Å². The van der Waals surface area contributed by atoms with Gasteiger partial charge in [0.25, 0.3) is 0 Å². The van der Waals surface area contributed by atoms with Gasteiger partial charge in [0.1, 0.15) is 0 Å². The Kier molecular flexibility index (Phi) is 2.49. The number of hydrogen-bond acceptors (Lipinski definition) is 1. The van der Waals surface area contributed by atoms with Crippen molar-refractivity contribution in [2.45, 2.75) is 5.60 Å². The van der Waals surface area contributed by atoms with Crippen molar-refractivity contribution < 1.29 is 5.11 Å². The maximum Gasteiger partial charge on any atom is 0.177 e. The summed E-state index contributed by atoms with van der Waals surface area (Å²) < 4.78 is 0. The molecule has 112 valence electrons. The van der Waals surface area contributed by atoms with E-state index in [4.69, 9.17) is 6.42 Å². The van der Waals surface area contributed by atoms with Crippen LogP contribution in [0.2, 0.25) is 0 Å². The molecule has 0 spiro atoms. The van der Waals surface area contributed by atoms with Gasteiger partial charge in [-0.15, -0.1) is 6.42 Å². The summed E-state index contributed by atoms with van der Waals surface area (Å²) in [5.74, 6) is 2.64. The second-order valence-electron chi connectivity index (χ2n) is 6.34. The number of rotatable bonds is 0. The molecule has 4 aromatic rings. The lowest BCUT2D eigenvalue weighted by molar-refractivity contribution is 0.151. The molecule has 1 nitrogen and oxygen atoms in total. The lowest BCUT2D eigenvalue weighted by Crippen LogP contribution is -2.21. The third-order valence-corrected chi connectivity index (χ3v) is 5.05. The van der Waals surface area contributed by atoms with Crippen LogP contribution in [0.4, 0.5) is 0 Å². The van der Waals surface area contributed by atoms with Gasteiger partial charge >= 0.3 is 0 Å². The summed E-state index contributed by atoms with van der Waals surface area (Å²) in [5.41, 5.74) is 2.27. The van der Waals surface area contributed by atoms with Crippen LogP contribution >= 0.6 is 0 Å². The van der Waals surface area contributed by atoms with Gasteiger partial charge in [-0.25, -0.2) is 0 Å². The summed E-state index contributed by atoms with van der Waals surface area (Å²) >= 11 is 0. The molecule has 0 atom stereocenters. The quantitative estimate of drug-likeness (QED) is 0.461. The van der Waals surface area contributed by atoms with E-state index in [0.717, 1.165) is 43.8 Å². The molecule has 1 aliphatic carbocycles. The SMILES string of the molecule is C#CC1(O)c2cc3ccccc3cc2-c2cc3ccccc3cc21. The maximum absolute atomic E-state index is 11.3. The molecule has 1 N–H and O–H groups in total. The van der Waals surface area contributed by atoms with E-state index in [1.54, 1.807) is 0 Å². The summed E-state index contributed by atoms with van der Waals surface area (Å²) in [6, 6.07) is 24.6. The molecule has 0 saturated heterocycles. The molecule has 1 aliphatic rings. The highest BCUT2D eigenvalue weighted by Crippen LogP contribution is 2.49. The maximum atomic E-state index is 11.3. The van der Waals surface area contributed by atoms with Gasteiger partial charge < -0.3 is 5.11 Å². The van der Waals surface area contributed by atoms with Crippen LogP contribution in [0.1, 0.15) is 11.1 Å². The molecule has 0 amide bonds. The molecule has 0 fully saturated rings. The zero-order chi connectivity index (χ0) is 16.3. The van der Waals surface area contributed by atoms with Gasteiger partial charge in [-0.2, -0.15) is 0 Å². The van der Waals surface area contributed by atoms with Gasteiger partial charge in [0.15, 0.2) is 5.60 Å². The Balaban J connectivity index is 1.95. The first-order valence-electron chi connectivity index (χ1n) is 7.98. The number of hydrogen-bond donors (Lipinski definition) is 1. The van der Waals surface area contributed by atoms with Gasteiger partial charge in [0.2, 0.25) is 0 Å². The van der Waals surface area contributed by atoms with Crippen LogP contribution in [0.5, 0.6) is 0 Å². The third kappa shape index (κ3) is 1.58. The fourth-order valence-corrected chi connectivity index (χ4v) is 3.83. The van der Waals surface area contributed by atoms with Crippen molar-refractivity contribution in [1.29, 1.82) is 0 Å². The minimum absolute atomic E-state index is 0.800. The summed E-state index contributed by atoms with van der Waals surface area (Å²) in [7, 11) is 0. The highest BCUT2D eigenvalue weighted by molar-refractivity contribution is 5.98. The van der Waals surface area contributed by atoms with Crippen molar-refractivity contribution in [3.8, 4) is 23.5 Å². The Hall–Kier alpha value is -3.08. The van der Waals surface area contributed by atoms with Gasteiger partial charge in [0, 0.05) is 11.1 Å². The molecule has 4 aromatic carbocycles. The monoisotopic (exact) mass is 306 g/mol. The van der Waals surface area contributed by atoms with Crippen molar-refractivity contribution in [3.05, 3.63) is 83.9 Å². The number of benzene rings is 4. The zero-order valence-electron chi connectivity index (χ0n) is 13.0. The highest BCUT2D eigenvalue weighted by atomic mass is 16.3. The molecule has 0 radical (unpaired) electrons. The van der Waals surface area contributed by atoms with E-state index in [1.165, 1.54) is 0 Å². The first kappa shape index (κ1) is 13.4. The average molecular weight is 306 g/mol. The molecule has 0 bridgehead atoms. The topological polar surface area (TPSA) is 20.2 Å². The molecule has 1 heteroatoms. The first-order valence-corrected chi connectivity index (χ1v) is 7.98.